The molecule has 2 heterocycles. The smallest absolute Gasteiger partial charge is 0.236 e. The van der Waals surface area contributed by atoms with Crippen LogP contribution in [0, 0.1) is 13.8 Å². The first-order valence-corrected chi connectivity index (χ1v) is 9.94. The van der Waals surface area contributed by atoms with Crippen LogP contribution in [0.2, 0.25) is 0 Å². The van der Waals surface area contributed by atoms with E-state index in [1.54, 1.807) is 23.1 Å². The van der Waals surface area contributed by atoms with Gasteiger partial charge in [-0.3, -0.25) is 4.79 Å². The minimum absolute atomic E-state index is 0.0290. The van der Waals surface area contributed by atoms with E-state index in [-0.39, 0.29) is 12.3 Å². The number of hydrogen-bond acceptors (Lipinski definition) is 5. The zero-order valence-corrected chi connectivity index (χ0v) is 15.9. The Labute approximate surface area is 155 Å². The van der Waals surface area contributed by atoms with Crippen LogP contribution in [0.5, 0.6) is 0 Å². The highest BCUT2D eigenvalue weighted by Crippen LogP contribution is 2.26. The fourth-order valence-corrected chi connectivity index (χ4v) is 3.72. The molecule has 0 spiro atoms. The van der Waals surface area contributed by atoms with Gasteiger partial charge in [-0.2, -0.15) is 0 Å². The van der Waals surface area contributed by atoms with Crippen molar-refractivity contribution in [3.63, 3.8) is 0 Å². The van der Waals surface area contributed by atoms with Gasteiger partial charge in [-0.05, 0) is 37.4 Å². The number of carbonyl (C=O) groups is 1. The molecule has 0 bridgehead atoms. The van der Waals surface area contributed by atoms with Crippen LogP contribution in [0.3, 0.4) is 0 Å². The van der Waals surface area contributed by atoms with E-state index in [1.807, 2.05) is 24.4 Å². The summed E-state index contributed by atoms with van der Waals surface area (Å²) in [5.74, 6) is 2.10. The number of oxazole rings is 1. The van der Waals surface area contributed by atoms with Crippen molar-refractivity contribution in [2.45, 2.75) is 25.2 Å². The van der Waals surface area contributed by atoms with Crippen molar-refractivity contribution in [1.29, 1.82) is 0 Å². The average molecular weight is 373 g/mol. The molecular weight excluding hydrogens is 352 g/mol. The Bertz CT molecular complexity index is 824. The number of hydrogen-bond donors (Lipinski definition) is 1. The molecule has 130 valence electrons. The van der Waals surface area contributed by atoms with E-state index in [4.69, 9.17) is 4.42 Å². The monoisotopic (exact) mass is 372 g/mol. The number of benzene rings is 1. The Morgan fingerprint density at radius 1 is 1.24 bits per heavy atom. The maximum atomic E-state index is 12.1. The number of carbonyl (C=O) groups excluding carboxylic acids is 1. The molecule has 0 aliphatic rings. The molecule has 0 saturated carbocycles. The molecule has 25 heavy (non-hydrogen) atoms. The van der Waals surface area contributed by atoms with Gasteiger partial charge in [0.25, 0.3) is 0 Å². The van der Waals surface area contributed by atoms with Crippen LogP contribution in [-0.4, -0.2) is 23.2 Å². The van der Waals surface area contributed by atoms with Crippen molar-refractivity contribution in [3.8, 4) is 10.8 Å². The van der Waals surface area contributed by atoms with E-state index in [0.29, 0.717) is 23.9 Å². The second-order valence-electron chi connectivity index (χ2n) is 5.69. The number of aromatic nitrogens is 1. The fourth-order valence-electron chi connectivity index (χ4n) is 2.31. The van der Waals surface area contributed by atoms with E-state index in [1.165, 1.54) is 10.5 Å². The van der Waals surface area contributed by atoms with Gasteiger partial charge in [-0.15, -0.1) is 23.1 Å². The highest BCUT2D eigenvalue weighted by atomic mass is 32.2. The fraction of sp³-hybridized carbons (Fsp3) is 0.263. The summed E-state index contributed by atoms with van der Waals surface area (Å²) in [6, 6.07) is 12.3. The minimum Gasteiger partial charge on any atom is -0.440 e. The molecule has 3 rings (SSSR count). The summed E-state index contributed by atoms with van der Waals surface area (Å²) in [5.41, 5.74) is 1.95. The van der Waals surface area contributed by atoms with Crippen molar-refractivity contribution in [3.05, 3.63) is 58.8 Å². The maximum absolute atomic E-state index is 12.1. The number of nitrogens with zero attached hydrogens (tertiary/aromatic N) is 1. The molecule has 1 amide bonds. The lowest BCUT2D eigenvalue weighted by Crippen LogP contribution is -2.27. The third kappa shape index (κ3) is 4.96. The Hall–Kier alpha value is -2.05. The topological polar surface area (TPSA) is 55.1 Å². The number of thiophene rings is 1. The SMILES string of the molecule is Cc1ccc(SCCNC(=O)Cc2nc(-c3cccs3)oc2C)cc1. The lowest BCUT2D eigenvalue weighted by Gasteiger charge is -2.05. The second-order valence-corrected chi connectivity index (χ2v) is 7.80. The van der Waals surface area contributed by atoms with Gasteiger partial charge in [0.2, 0.25) is 11.8 Å². The molecule has 6 heteroatoms. The summed E-state index contributed by atoms with van der Waals surface area (Å²) < 4.78 is 5.67. The van der Waals surface area contributed by atoms with E-state index in [2.05, 4.69) is 41.5 Å². The van der Waals surface area contributed by atoms with Crippen LogP contribution in [0.1, 0.15) is 17.0 Å². The molecule has 3 aromatic rings. The molecule has 0 radical (unpaired) electrons. The van der Waals surface area contributed by atoms with Gasteiger partial charge in [-0.1, -0.05) is 23.8 Å². The first-order valence-electron chi connectivity index (χ1n) is 8.08. The quantitative estimate of drug-likeness (QED) is 0.491. The van der Waals surface area contributed by atoms with Crippen molar-refractivity contribution in [2.75, 3.05) is 12.3 Å². The number of rotatable bonds is 7. The molecule has 2 aromatic heterocycles. The second kappa shape index (κ2) is 8.36. The summed E-state index contributed by atoms with van der Waals surface area (Å²) in [6.45, 7) is 4.55. The van der Waals surface area contributed by atoms with Crippen LogP contribution in [-0.2, 0) is 11.2 Å². The van der Waals surface area contributed by atoms with E-state index >= 15 is 0 Å². The lowest BCUT2D eigenvalue weighted by atomic mass is 10.2. The lowest BCUT2D eigenvalue weighted by molar-refractivity contribution is -0.120. The van der Waals surface area contributed by atoms with Gasteiger partial charge < -0.3 is 9.73 Å². The predicted octanol–water partition coefficient (Wildman–Crippen LogP) is 4.47. The van der Waals surface area contributed by atoms with Crippen molar-refractivity contribution >= 4 is 29.0 Å². The number of amides is 1. The van der Waals surface area contributed by atoms with Gasteiger partial charge in [0.05, 0.1) is 17.0 Å². The molecule has 1 N–H and O–H groups in total. The summed E-state index contributed by atoms with van der Waals surface area (Å²) in [7, 11) is 0. The Morgan fingerprint density at radius 2 is 2.04 bits per heavy atom. The first kappa shape index (κ1) is 17.8. The van der Waals surface area contributed by atoms with E-state index < -0.39 is 0 Å². The Morgan fingerprint density at radius 3 is 2.76 bits per heavy atom. The third-order valence-electron chi connectivity index (χ3n) is 3.67. The number of aryl methyl sites for hydroxylation is 2. The van der Waals surface area contributed by atoms with Crippen molar-refractivity contribution < 1.29 is 9.21 Å². The Balaban J connectivity index is 1.45. The van der Waals surface area contributed by atoms with Crippen molar-refractivity contribution in [2.24, 2.45) is 0 Å². The maximum Gasteiger partial charge on any atom is 0.236 e. The largest absolute Gasteiger partial charge is 0.440 e. The van der Waals surface area contributed by atoms with Gasteiger partial charge >= 0.3 is 0 Å². The normalized spacial score (nSPS) is 10.8. The Kier molecular flexibility index (Phi) is 5.94. The first-order chi connectivity index (χ1) is 12.1. The summed E-state index contributed by atoms with van der Waals surface area (Å²) in [4.78, 5) is 18.8. The van der Waals surface area contributed by atoms with Crippen LogP contribution in [0.15, 0.2) is 51.1 Å². The third-order valence-corrected chi connectivity index (χ3v) is 5.54. The van der Waals surface area contributed by atoms with Gasteiger partial charge in [0.1, 0.15) is 5.76 Å². The average Bonchev–Trinajstić information content (AvgIpc) is 3.24. The van der Waals surface area contributed by atoms with E-state index in [9.17, 15) is 4.79 Å². The molecule has 0 fully saturated rings. The summed E-state index contributed by atoms with van der Waals surface area (Å²) in [6.07, 6.45) is 0.246. The molecule has 0 saturated heterocycles. The van der Waals surface area contributed by atoms with Crippen LogP contribution in [0.4, 0.5) is 0 Å². The van der Waals surface area contributed by atoms with Crippen LogP contribution in [0.25, 0.3) is 10.8 Å². The molecular formula is C19H20N2O2S2. The van der Waals surface area contributed by atoms with E-state index in [0.717, 1.165) is 10.6 Å². The highest BCUT2D eigenvalue weighted by Gasteiger charge is 2.15. The van der Waals surface area contributed by atoms with Crippen molar-refractivity contribution in [1.82, 2.24) is 10.3 Å². The van der Waals surface area contributed by atoms with Gasteiger partial charge in [-0.25, -0.2) is 4.98 Å². The standard InChI is InChI=1S/C19H20N2O2S2/c1-13-5-7-15(8-6-13)24-11-9-20-18(22)12-16-14(2)23-19(21-16)17-4-3-10-25-17/h3-8,10H,9,11-12H2,1-2H3,(H,20,22). The summed E-state index contributed by atoms with van der Waals surface area (Å²) >= 11 is 3.31. The number of thioether (sulfide) groups is 1. The van der Waals surface area contributed by atoms with Crippen LogP contribution < -0.4 is 5.32 Å². The zero-order chi connectivity index (χ0) is 17.6. The molecule has 1 aromatic carbocycles. The highest BCUT2D eigenvalue weighted by molar-refractivity contribution is 7.99. The summed E-state index contributed by atoms with van der Waals surface area (Å²) in [5, 5.41) is 4.92. The molecule has 0 aliphatic carbocycles. The molecule has 4 nitrogen and oxygen atoms in total. The number of nitrogens with one attached hydrogen (secondary N) is 1. The predicted molar refractivity (Wildman–Crippen MR) is 103 cm³/mol. The van der Waals surface area contributed by atoms with Gasteiger partial charge in [0, 0.05) is 17.2 Å². The molecule has 0 aliphatic heterocycles. The zero-order valence-electron chi connectivity index (χ0n) is 14.2. The minimum atomic E-state index is -0.0290. The molecule has 0 atom stereocenters. The van der Waals surface area contributed by atoms with Crippen LogP contribution >= 0.6 is 23.1 Å². The van der Waals surface area contributed by atoms with Gasteiger partial charge in [0.15, 0.2) is 0 Å². The molecule has 0 unspecified atom stereocenters.